The lowest BCUT2D eigenvalue weighted by atomic mass is 9.82. The number of rotatable bonds is 7. The summed E-state index contributed by atoms with van der Waals surface area (Å²) in [5.74, 6) is 3.77. The minimum absolute atomic E-state index is 0.480. The Balaban J connectivity index is 1.54. The van der Waals surface area contributed by atoms with E-state index in [4.69, 9.17) is 9.47 Å². The van der Waals surface area contributed by atoms with Gasteiger partial charge in [-0.15, -0.1) is 0 Å². The maximum atomic E-state index is 5.98. The molecule has 2 fully saturated rings. The van der Waals surface area contributed by atoms with E-state index in [1.165, 1.54) is 19.3 Å². The first-order valence-corrected chi connectivity index (χ1v) is 8.79. The van der Waals surface area contributed by atoms with E-state index in [0.29, 0.717) is 12.0 Å². The molecule has 0 bridgehead atoms. The SMILES string of the molecule is CCOc1ccccc1OCCC1(CBr)CC2CC2C1. The van der Waals surface area contributed by atoms with Crippen molar-refractivity contribution >= 4 is 15.9 Å². The van der Waals surface area contributed by atoms with Gasteiger partial charge in [-0.05, 0) is 62.0 Å². The van der Waals surface area contributed by atoms with Gasteiger partial charge in [0.15, 0.2) is 11.5 Å². The highest BCUT2D eigenvalue weighted by atomic mass is 79.9. The minimum Gasteiger partial charge on any atom is -0.490 e. The lowest BCUT2D eigenvalue weighted by molar-refractivity contribution is 0.200. The van der Waals surface area contributed by atoms with Crippen molar-refractivity contribution in [2.24, 2.45) is 17.3 Å². The van der Waals surface area contributed by atoms with E-state index in [1.807, 2.05) is 31.2 Å². The Morgan fingerprint density at radius 1 is 1.15 bits per heavy atom. The Labute approximate surface area is 130 Å². The number of alkyl halides is 1. The van der Waals surface area contributed by atoms with Crippen molar-refractivity contribution < 1.29 is 9.47 Å². The molecule has 110 valence electrons. The molecule has 2 aliphatic rings. The van der Waals surface area contributed by atoms with Crippen molar-refractivity contribution in [1.82, 2.24) is 0 Å². The van der Waals surface area contributed by atoms with Crippen LogP contribution >= 0.6 is 15.9 Å². The van der Waals surface area contributed by atoms with Crippen molar-refractivity contribution in [1.29, 1.82) is 0 Å². The molecule has 0 radical (unpaired) electrons. The molecule has 2 nitrogen and oxygen atoms in total. The van der Waals surface area contributed by atoms with E-state index in [-0.39, 0.29) is 0 Å². The zero-order valence-electron chi connectivity index (χ0n) is 12.1. The molecule has 2 unspecified atom stereocenters. The fourth-order valence-corrected chi connectivity index (χ4v) is 4.35. The quantitative estimate of drug-likeness (QED) is 0.673. The molecule has 3 rings (SSSR count). The molecular formula is C17H23BrO2. The van der Waals surface area contributed by atoms with Crippen molar-refractivity contribution in [3.63, 3.8) is 0 Å². The molecule has 0 saturated heterocycles. The van der Waals surface area contributed by atoms with Crippen LogP contribution in [0.15, 0.2) is 24.3 Å². The number of ether oxygens (including phenoxy) is 2. The average Bonchev–Trinajstić information content (AvgIpc) is 3.09. The lowest BCUT2D eigenvalue weighted by Crippen LogP contribution is -2.23. The molecular weight excluding hydrogens is 316 g/mol. The second-order valence-corrected chi connectivity index (χ2v) is 6.84. The summed E-state index contributed by atoms with van der Waals surface area (Å²) < 4.78 is 11.6. The summed E-state index contributed by atoms with van der Waals surface area (Å²) in [4.78, 5) is 0. The van der Waals surface area contributed by atoms with Crippen LogP contribution in [0.4, 0.5) is 0 Å². The van der Waals surface area contributed by atoms with Gasteiger partial charge in [0, 0.05) is 5.33 Å². The van der Waals surface area contributed by atoms with Crippen LogP contribution in [0.2, 0.25) is 0 Å². The first kappa shape index (κ1) is 14.2. The third-order valence-electron chi connectivity index (χ3n) is 4.78. The normalized spacial score (nSPS) is 30.9. The monoisotopic (exact) mass is 338 g/mol. The molecule has 0 aromatic heterocycles. The summed E-state index contributed by atoms with van der Waals surface area (Å²) in [6.45, 7) is 3.46. The maximum absolute atomic E-state index is 5.98. The zero-order chi connectivity index (χ0) is 14.0. The molecule has 1 aromatic carbocycles. The standard InChI is InChI=1S/C17H23BrO2/c1-2-19-15-5-3-4-6-16(15)20-8-7-17(12-18)10-13-9-14(13)11-17/h3-6,13-14H,2,7-12H2,1H3. The van der Waals surface area contributed by atoms with E-state index >= 15 is 0 Å². The van der Waals surface area contributed by atoms with Crippen LogP contribution in [-0.4, -0.2) is 18.5 Å². The topological polar surface area (TPSA) is 18.5 Å². The predicted molar refractivity (Wildman–Crippen MR) is 84.8 cm³/mol. The highest BCUT2D eigenvalue weighted by molar-refractivity contribution is 9.09. The molecule has 0 amide bonds. The van der Waals surface area contributed by atoms with Gasteiger partial charge in [0.05, 0.1) is 13.2 Å². The highest BCUT2D eigenvalue weighted by Crippen LogP contribution is 2.61. The summed E-state index contributed by atoms with van der Waals surface area (Å²) in [7, 11) is 0. The van der Waals surface area contributed by atoms with Crippen molar-refractivity contribution in [2.45, 2.75) is 32.6 Å². The molecule has 0 N–H and O–H groups in total. The zero-order valence-corrected chi connectivity index (χ0v) is 13.7. The van der Waals surface area contributed by atoms with E-state index < -0.39 is 0 Å². The highest BCUT2D eigenvalue weighted by Gasteiger charge is 2.52. The molecule has 3 heteroatoms. The fourth-order valence-electron chi connectivity index (χ4n) is 3.61. The molecule has 2 atom stereocenters. The molecule has 1 aromatic rings. The second-order valence-electron chi connectivity index (χ2n) is 6.28. The number of para-hydroxylation sites is 2. The number of hydrogen-bond acceptors (Lipinski definition) is 2. The first-order valence-electron chi connectivity index (χ1n) is 7.67. The molecule has 2 saturated carbocycles. The molecule has 20 heavy (non-hydrogen) atoms. The Hall–Kier alpha value is -0.700. The van der Waals surface area contributed by atoms with Gasteiger partial charge in [0.1, 0.15) is 0 Å². The predicted octanol–water partition coefficient (Wildman–Crippen LogP) is 4.67. The van der Waals surface area contributed by atoms with Gasteiger partial charge >= 0.3 is 0 Å². The van der Waals surface area contributed by atoms with Gasteiger partial charge in [-0.1, -0.05) is 28.1 Å². The average molecular weight is 339 g/mol. The van der Waals surface area contributed by atoms with Crippen molar-refractivity contribution in [3.05, 3.63) is 24.3 Å². The smallest absolute Gasteiger partial charge is 0.161 e. The Morgan fingerprint density at radius 3 is 2.40 bits per heavy atom. The van der Waals surface area contributed by atoms with Crippen LogP contribution in [0.3, 0.4) is 0 Å². The molecule has 2 aliphatic carbocycles. The maximum Gasteiger partial charge on any atom is 0.161 e. The summed E-state index contributed by atoms with van der Waals surface area (Å²) in [5.41, 5.74) is 0.480. The third kappa shape index (κ3) is 2.98. The van der Waals surface area contributed by atoms with Gasteiger partial charge in [0.2, 0.25) is 0 Å². The fraction of sp³-hybridized carbons (Fsp3) is 0.647. The largest absolute Gasteiger partial charge is 0.490 e. The van der Waals surface area contributed by atoms with E-state index in [0.717, 1.165) is 41.7 Å². The Kier molecular flexibility index (Phi) is 4.25. The summed E-state index contributed by atoms with van der Waals surface area (Å²) in [6, 6.07) is 7.97. The minimum atomic E-state index is 0.480. The number of halogens is 1. The molecule has 0 aliphatic heterocycles. The van der Waals surface area contributed by atoms with E-state index in [2.05, 4.69) is 15.9 Å². The van der Waals surface area contributed by atoms with Crippen LogP contribution in [0, 0.1) is 17.3 Å². The molecule has 0 heterocycles. The van der Waals surface area contributed by atoms with Gasteiger partial charge in [-0.25, -0.2) is 0 Å². The van der Waals surface area contributed by atoms with Gasteiger partial charge < -0.3 is 9.47 Å². The van der Waals surface area contributed by atoms with Crippen LogP contribution in [0.25, 0.3) is 0 Å². The third-order valence-corrected chi connectivity index (χ3v) is 5.97. The number of fused-ring (bicyclic) bond motifs is 1. The summed E-state index contributed by atoms with van der Waals surface area (Å²) >= 11 is 3.73. The van der Waals surface area contributed by atoms with Gasteiger partial charge in [-0.2, -0.15) is 0 Å². The number of benzene rings is 1. The van der Waals surface area contributed by atoms with E-state index in [9.17, 15) is 0 Å². The number of hydrogen-bond donors (Lipinski definition) is 0. The van der Waals surface area contributed by atoms with Crippen molar-refractivity contribution in [2.75, 3.05) is 18.5 Å². The Morgan fingerprint density at radius 2 is 1.80 bits per heavy atom. The molecule has 0 spiro atoms. The van der Waals surface area contributed by atoms with Crippen LogP contribution < -0.4 is 9.47 Å². The van der Waals surface area contributed by atoms with Crippen LogP contribution in [0.1, 0.15) is 32.6 Å². The second kappa shape index (κ2) is 5.97. The first-order chi connectivity index (χ1) is 9.76. The summed E-state index contributed by atoms with van der Waals surface area (Å²) in [6.07, 6.45) is 5.40. The van der Waals surface area contributed by atoms with Gasteiger partial charge in [-0.3, -0.25) is 0 Å². The van der Waals surface area contributed by atoms with Crippen LogP contribution in [0.5, 0.6) is 11.5 Å². The van der Waals surface area contributed by atoms with Gasteiger partial charge in [0.25, 0.3) is 0 Å². The van der Waals surface area contributed by atoms with Crippen molar-refractivity contribution in [3.8, 4) is 11.5 Å². The summed E-state index contributed by atoms with van der Waals surface area (Å²) in [5, 5.41) is 1.11. The lowest BCUT2D eigenvalue weighted by Gasteiger charge is -2.28. The Bertz CT molecular complexity index is 450. The van der Waals surface area contributed by atoms with E-state index in [1.54, 1.807) is 0 Å². The van der Waals surface area contributed by atoms with Crippen LogP contribution in [-0.2, 0) is 0 Å².